The van der Waals surface area contributed by atoms with Gasteiger partial charge in [-0.15, -0.1) is 0 Å². The van der Waals surface area contributed by atoms with E-state index < -0.39 is 11.6 Å². The molecule has 2 aliphatic heterocycles. The van der Waals surface area contributed by atoms with Gasteiger partial charge in [-0.3, -0.25) is 9.59 Å². The molecule has 2 unspecified atom stereocenters. The fourth-order valence-corrected chi connectivity index (χ4v) is 3.61. The monoisotopic (exact) mass is 302 g/mol. The van der Waals surface area contributed by atoms with Crippen LogP contribution in [-0.2, 0) is 9.59 Å². The van der Waals surface area contributed by atoms with Crippen LogP contribution >= 0.6 is 0 Å². The number of piperidine rings is 1. The summed E-state index contributed by atoms with van der Waals surface area (Å²) in [6.45, 7) is 6.96. The molecule has 1 aromatic rings. The summed E-state index contributed by atoms with van der Waals surface area (Å²) in [5.41, 5.74) is 0.233. The predicted molar refractivity (Wildman–Crippen MR) is 82.4 cm³/mol. The summed E-state index contributed by atoms with van der Waals surface area (Å²) in [5.74, 6) is -0.357. The van der Waals surface area contributed by atoms with Crippen molar-refractivity contribution in [2.45, 2.75) is 38.8 Å². The van der Waals surface area contributed by atoms with Gasteiger partial charge in [0.25, 0.3) is 0 Å². The molecule has 0 aromatic heterocycles. The van der Waals surface area contributed by atoms with Gasteiger partial charge in [0.1, 0.15) is 11.7 Å². The number of nitrogens with one attached hydrogen (secondary N) is 1. The highest BCUT2D eigenvalue weighted by Crippen LogP contribution is 2.46. The fraction of sp³-hybridized carbons (Fsp3) is 0.529. The van der Waals surface area contributed by atoms with Gasteiger partial charge in [0.2, 0.25) is 11.8 Å². The summed E-state index contributed by atoms with van der Waals surface area (Å²) in [6, 6.07) is 7.69. The molecule has 2 aliphatic rings. The van der Waals surface area contributed by atoms with Gasteiger partial charge in [-0.2, -0.15) is 0 Å². The first-order valence-corrected chi connectivity index (χ1v) is 7.88. The molecular weight excluding hydrogens is 280 g/mol. The highest BCUT2D eigenvalue weighted by atomic mass is 16.5. The third-order valence-corrected chi connectivity index (χ3v) is 4.68. The minimum absolute atomic E-state index is 0.0914. The number of nitrogens with zero attached hydrogens (tertiary/aromatic N) is 1. The summed E-state index contributed by atoms with van der Waals surface area (Å²) < 4.78 is 5.95. The maximum absolute atomic E-state index is 12.8. The Kier molecular flexibility index (Phi) is 3.59. The summed E-state index contributed by atoms with van der Waals surface area (Å²) >= 11 is 0. The number of fused-ring (bicyclic) bond motifs is 4. The van der Waals surface area contributed by atoms with Crippen molar-refractivity contribution in [3.63, 3.8) is 0 Å². The number of amides is 2. The Hall–Kier alpha value is -2.04. The Balaban J connectivity index is 2.03. The van der Waals surface area contributed by atoms with Crippen LogP contribution < -0.4 is 10.1 Å². The maximum atomic E-state index is 12.8. The van der Waals surface area contributed by atoms with Crippen LogP contribution in [0.2, 0.25) is 0 Å². The summed E-state index contributed by atoms with van der Waals surface area (Å²) in [5, 5.41) is 2.89. The molecule has 2 amide bonds. The molecule has 0 aliphatic carbocycles. The standard InChI is InChI=1S/C17H22N2O3/c1-4-19(5-2)16(21)14-12-10-17(3,18-15(14)20)22-13-9-7-6-8-11(12)13/h6-9,12,14H,4-5,10H2,1-3H3,(H,18,20)/t12?,14?,17-/m1/s1. The van der Waals surface area contributed by atoms with Gasteiger partial charge in [-0.25, -0.2) is 0 Å². The first kappa shape index (κ1) is 14.9. The van der Waals surface area contributed by atoms with Crippen molar-refractivity contribution in [3.05, 3.63) is 29.8 Å². The molecule has 1 aromatic carbocycles. The Morgan fingerprint density at radius 2 is 2.05 bits per heavy atom. The molecule has 118 valence electrons. The summed E-state index contributed by atoms with van der Waals surface area (Å²) in [4.78, 5) is 27.1. The first-order valence-electron chi connectivity index (χ1n) is 7.88. The van der Waals surface area contributed by atoms with Gasteiger partial charge in [0, 0.05) is 25.4 Å². The van der Waals surface area contributed by atoms with Gasteiger partial charge >= 0.3 is 0 Å². The molecule has 0 radical (unpaired) electrons. The van der Waals surface area contributed by atoms with Gasteiger partial charge in [0.15, 0.2) is 5.72 Å². The number of benzene rings is 1. The zero-order valence-electron chi connectivity index (χ0n) is 13.3. The van der Waals surface area contributed by atoms with Crippen molar-refractivity contribution in [3.8, 4) is 5.75 Å². The lowest BCUT2D eigenvalue weighted by Crippen LogP contribution is -2.63. The second kappa shape index (κ2) is 5.30. The normalized spacial score (nSPS) is 29.1. The van der Waals surface area contributed by atoms with Crippen LogP contribution in [0.1, 0.15) is 38.7 Å². The van der Waals surface area contributed by atoms with E-state index in [2.05, 4.69) is 5.32 Å². The minimum atomic E-state index is -0.726. The largest absolute Gasteiger partial charge is 0.468 e. The van der Waals surface area contributed by atoms with Crippen molar-refractivity contribution >= 4 is 11.8 Å². The van der Waals surface area contributed by atoms with E-state index in [0.717, 1.165) is 11.3 Å². The number of hydrogen-bond acceptors (Lipinski definition) is 3. The smallest absolute Gasteiger partial charge is 0.236 e. The van der Waals surface area contributed by atoms with E-state index >= 15 is 0 Å². The van der Waals surface area contributed by atoms with Crippen LogP contribution in [-0.4, -0.2) is 35.5 Å². The first-order chi connectivity index (χ1) is 10.5. The molecule has 5 heteroatoms. The Labute approximate surface area is 130 Å². The number of carbonyl (C=O) groups excluding carboxylic acids is 2. The lowest BCUT2D eigenvalue weighted by atomic mass is 9.74. The molecule has 3 rings (SSSR count). The van der Waals surface area contributed by atoms with E-state index in [1.54, 1.807) is 4.90 Å². The van der Waals surface area contributed by atoms with Gasteiger partial charge in [0.05, 0.1) is 0 Å². The van der Waals surface area contributed by atoms with Crippen LogP contribution in [0.5, 0.6) is 5.75 Å². The van der Waals surface area contributed by atoms with E-state index in [9.17, 15) is 9.59 Å². The maximum Gasteiger partial charge on any atom is 0.236 e. The van der Waals surface area contributed by atoms with Gasteiger partial charge in [-0.1, -0.05) is 18.2 Å². The second-order valence-electron chi connectivity index (χ2n) is 6.16. The molecule has 0 saturated carbocycles. The number of para-hydroxylation sites is 1. The number of ether oxygens (including phenoxy) is 1. The third kappa shape index (κ3) is 2.25. The Bertz CT molecular complexity index is 612. The highest BCUT2D eigenvalue weighted by Gasteiger charge is 2.52. The van der Waals surface area contributed by atoms with Crippen molar-refractivity contribution in [2.24, 2.45) is 5.92 Å². The zero-order chi connectivity index (χ0) is 15.9. The molecule has 22 heavy (non-hydrogen) atoms. The summed E-state index contributed by atoms with van der Waals surface area (Å²) in [7, 11) is 0. The van der Waals surface area contributed by atoms with Crippen molar-refractivity contribution in [1.29, 1.82) is 0 Å². The van der Waals surface area contributed by atoms with Crippen molar-refractivity contribution in [1.82, 2.24) is 10.2 Å². The average Bonchev–Trinajstić information content (AvgIpc) is 2.47. The molecule has 2 heterocycles. The molecule has 1 fully saturated rings. The Morgan fingerprint density at radius 1 is 1.36 bits per heavy atom. The van der Waals surface area contributed by atoms with Crippen LogP contribution in [0.4, 0.5) is 0 Å². The topological polar surface area (TPSA) is 58.6 Å². The lowest BCUT2D eigenvalue weighted by molar-refractivity contribution is -0.152. The van der Waals surface area contributed by atoms with Gasteiger partial charge < -0.3 is 15.0 Å². The SMILES string of the molecule is CCN(CC)C(=O)C1C(=O)N[C@@]2(C)CC1c1ccccc1O2. The minimum Gasteiger partial charge on any atom is -0.468 e. The molecule has 1 saturated heterocycles. The number of rotatable bonds is 3. The molecule has 1 N–H and O–H groups in total. The molecular formula is C17H22N2O3. The van der Waals surface area contributed by atoms with Crippen LogP contribution in [0.3, 0.4) is 0 Å². The van der Waals surface area contributed by atoms with E-state index in [0.29, 0.717) is 19.5 Å². The van der Waals surface area contributed by atoms with Crippen LogP contribution in [0.25, 0.3) is 0 Å². The van der Waals surface area contributed by atoms with Crippen molar-refractivity contribution in [2.75, 3.05) is 13.1 Å². The van der Waals surface area contributed by atoms with E-state index in [-0.39, 0.29) is 17.7 Å². The van der Waals surface area contributed by atoms with Gasteiger partial charge in [-0.05, 0) is 32.4 Å². The lowest BCUT2D eigenvalue weighted by Gasteiger charge is -2.47. The highest BCUT2D eigenvalue weighted by molar-refractivity contribution is 6.02. The predicted octanol–water partition coefficient (Wildman–Crippen LogP) is 1.88. The number of carbonyl (C=O) groups is 2. The quantitative estimate of drug-likeness (QED) is 0.867. The fourth-order valence-electron chi connectivity index (χ4n) is 3.61. The van der Waals surface area contributed by atoms with E-state index in [1.807, 2.05) is 45.0 Å². The number of hydrogen-bond donors (Lipinski definition) is 1. The Morgan fingerprint density at radius 3 is 2.73 bits per heavy atom. The van der Waals surface area contributed by atoms with Crippen molar-refractivity contribution < 1.29 is 14.3 Å². The van der Waals surface area contributed by atoms with E-state index in [4.69, 9.17) is 4.74 Å². The summed E-state index contributed by atoms with van der Waals surface area (Å²) in [6.07, 6.45) is 0.618. The molecule has 0 spiro atoms. The molecule has 5 nitrogen and oxygen atoms in total. The molecule has 3 atom stereocenters. The van der Waals surface area contributed by atoms with Crippen LogP contribution in [0.15, 0.2) is 24.3 Å². The van der Waals surface area contributed by atoms with Crippen LogP contribution in [0, 0.1) is 5.92 Å². The zero-order valence-corrected chi connectivity index (χ0v) is 13.3. The molecule has 2 bridgehead atoms. The average molecular weight is 302 g/mol. The second-order valence-corrected chi connectivity index (χ2v) is 6.16. The third-order valence-electron chi connectivity index (χ3n) is 4.68. The van der Waals surface area contributed by atoms with E-state index in [1.165, 1.54) is 0 Å².